The van der Waals surface area contributed by atoms with E-state index < -0.39 is 0 Å². The molecule has 17 heavy (non-hydrogen) atoms. The van der Waals surface area contributed by atoms with Crippen LogP contribution in [-0.4, -0.2) is 63.7 Å². The second-order valence-electron chi connectivity index (χ2n) is 4.44. The highest BCUT2D eigenvalue weighted by molar-refractivity contribution is 5.80. The molecule has 0 aromatic heterocycles. The third kappa shape index (κ3) is 4.59. The minimum Gasteiger partial charge on any atom is -0.317 e. The van der Waals surface area contributed by atoms with Crippen LogP contribution in [0.5, 0.6) is 0 Å². The molecule has 100 valence electrons. The zero-order chi connectivity index (χ0) is 12.7. The lowest BCUT2D eigenvalue weighted by Crippen LogP contribution is -2.53. The molecule has 1 rings (SSSR count). The lowest BCUT2D eigenvalue weighted by atomic mass is 9.98. The van der Waals surface area contributed by atoms with Crippen molar-refractivity contribution in [2.24, 2.45) is 0 Å². The minimum absolute atomic E-state index is 0.0434. The van der Waals surface area contributed by atoms with Crippen LogP contribution in [0.15, 0.2) is 0 Å². The van der Waals surface area contributed by atoms with E-state index in [4.69, 9.17) is 4.84 Å². The van der Waals surface area contributed by atoms with Gasteiger partial charge in [-0.05, 0) is 34.0 Å². The van der Waals surface area contributed by atoms with Crippen LogP contribution >= 0.6 is 0 Å². The van der Waals surface area contributed by atoms with Crippen molar-refractivity contribution < 1.29 is 9.63 Å². The number of piperidine rings is 1. The molecule has 1 aliphatic heterocycles. The van der Waals surface area contributed by atoms with Crippen molar-refractivity contribution in [3.63, 3.8) is 0 Å². The van der Waals surface area contributed by atoms with Gasteiger partial charge in [-0.1, -0.05) is 0 Å². The summed E-state index contributed by atoms with van der Waals surface area (Å²) in [7, 11) is 5.78. The zero-order valence-electron chi connectivity index (χ0n) is 11.0. The van der Waals surface area contributed by atoms with Crippen LogP contribution in [-0.2, 0) is 9.63 Å². The fraction of sp³-hybridized carbons (Fsp3) is 0.909. The Bertz CT molecular complexity index is 238. The van der Waals surface area contributed by atoms with Crippen molar-refractivity contribution in [2.45, 2.75) is 24.9 Å². The number of likely N-dealkylation sites (tertiary alicyclic amines) is 1. The van der Waals surface area contributed by atoms with E-state index in [1.165, 1.54) is 0 Å². The molecule has 1 fully saturated rings. The van der Waals surface area contributed by atoms with E-state index in [-0.39, 0.29) is 11.9 Å². The summed E-state index contributed by atoms with van der Waals surface area (Å²) in [6, 6.07) is 0.406. The minimum atomic E-state index is -0.0748. The summed E-state index contributed by atoms with van der Waals surface area (Å²) >= 11 is 0. The summed E-state index contributed by atoms with van der Waals surface area (Å²) in [5, 5.41) is 6.19. The lowest BCUT2D eigenvalue weighted by Gasteiger charge is -2.35. The Kier molecular flexibility index (Phi) is 6.43. The highest BCUT2D eigenvalue weighted by Gasteiger charge is 2.29. The maximum atomic E-state index is 11.8. The van der Waals surface area contributed by atoms with Crippen LogP contribution in [0, 0.1) is 0 Å². The molecule has 0 aromatic carbocycles. The number of rotatable bonds is 6. The number of nitrogens with one attached hydrogen (secondary N) is 3. The van der Waals surface area contributed by atoms with Gasteiger partial charge in [0.25, 0.3) is 5.91 Å². The van der Waals surface area contributed by atoms with Crippen LogP contribution in [0.25, 0.3) is 0 Å². The number of carbonyl (C=O) groups excluding carboxylic acids is 1. The molecule has 0 radical (unpaired) electrons. The molecule has 0 bridgehead atoms. The average molecular weight is 244 g/mol. The maximum Gasteiger partial charge on any atom is 0.260 e. The fourth-order valence-corrected chi connectivity index (χ4v) is 2.06. The van der Waals surface area contributed by atoms with Crippen LogP contribution in [0.3, 0.4) is 0 Å². The van der Waals surface area contributed by atoms with Crippen molar-refractivity contribution in [3.05, 3.63) is 0 Å². The molecule has 2 atom stereocenters. The first-order valence-corrected chi connectivity index (χ1v) is 6.12. The highest BCUT2D eigenvalue weighted by Crippen LogP contribution is 2.15. The van der Waals surface area contributed by atoms with E-state index in [2.05, 4.69) is 21.0 Å². The lowest BCUT2D eigenvalue weighted by molar-refractivity contribution is -0.140. The second kappa shape index (κ2) is 7.60. The van der Waals surface area contributed by atoms with Gasteiger partial charge < -0.3 is 10.6 Å². The predicted molar refractivity (Wildman–Crippen MR) is 66.5 cm³/mol. The van der Waals surface area contributed by atoms with Gasteiger partial charge in [0, 0.05) is 19.1 Å². The molecule has 6 heteroatoms. The van der Waals surface area contributed by atoms with Gasteiger partial charge in [-0.15, -0.1) is 0 Å². The number of hydroxylamine groups is 1. The standard InChI is InChI=1S/C11H24N4O2/c1-12-6-7-17-14-11(16)10-5-4-9(13-2)8-15(10)3/h9-10,12-13H,4-8H2,1-3H3,(H,14,16)/t9-,10+/m1/s1. The second-order valence-corrected chi connectivity index (χ2v) is 4.44. The molecule has 1 amide bonds. The van der Waals surface area contributed by atoms with E-state index in [1.54, 1.807) is 0 Å². The number of carbonyl (C=O) groups is 1. The Morgan fingerprint density at radius 2 is 2.18 bits per heavy atom. The molecule has 1 heterocycles. The Morgan fingerprint density at radius 3 is 2.76 bits per heavy atom. The summed E-state index contributed by atoms with van der Waals surface area (Å²) in [5.41, 5.74) is 2.51. The van der Waals surface area contributed by atoms with E-state index in [1.807, 2.05) is 21.1 Å². The molecular weight excluding hydrogens is 220 g/mol. The van der Waals surface area contributed by atoms with E-state index in [0.717, 1.165) is 25.9 Å². The van der Waals surface area contributed by atoms with Gasteiger partial charge in [-0.25, -0.2) is 5.48 Å². The molecule has 0 saturated carbocycles. The molecule has 0 unspecified atom stereocenters. The normalized spacial score (nSPS) is 25.8. The van der Waals surface area contributed by atoms with Gasteiger partial charge in [0.15, 0.2) is 0 Å². The third-order valence-corrected chi connectivity index (χ3v) is 3.17. The number of amides is 1. The van der Waals surface area contributed by atoms with E-state index in [0.29, 0.717) is 12.6 Å². The molecule has 0 aromatic rings. The maximum absolute atomic E-state index is 11.8. The number of likely N-dealkylation sites (N-methyl/N-ethyl adjacent to an activating group) is 3. The molecule has 0 aliphatic carbocycles. The summed E-state index contributed by atoms with van der Waals surface area (Å²) in [6.07, 6.45) is 1.89. The van der Waals surface area contributed by atoms with Gasteiger partial charge >= 0.3 is 0 Å². The summed E-state index contributed by atoms with van der Waals surface area (Å²) in [6.45, 7) is 2.10. The average Bonchev–Trinajstić information content (AvgIpc) is 2.34. The number of hydrogen-bond donors (Lipinski definition) is 3. The Labute approximate surface area is 103 Å². The van der Waals surface area contributed by atoms with Crippen molar-refractivity contribution in [3.8, 4) is 0 Å². The number of nitrogens with zero attached hydrogens (tertiary/aromatic N) is 1. The van der Waals surface area contributed by atoms with Crippen LogP contribution in [0.2, 0.25) is 0 Å². The molecule has 6 nitrogen and oxygen atoms in total. The van der Waals surface area contributed by atoms with Gasteiger partial charge in [0.05, 0.1) is 12.6 Å². The van der Waals surface area contributed by atoms with Crippen molar-refractivity contribution >= 4 is 5.91 Å². The molecular formula is C11H24N4O2. The first-order valence-electron chi connectivity index (χ1n) is 6.12. The van der Waals surface area contributed by atoms with Crippen molar-refractivity contribution in [1.29, 1.82) is 0 Å². The summed E-state index contributed by atoms with van der Waals surface area (Å²) in [4.78, 5) is 19.0. The fourth-order valence-electron chi connectivity index (χ4n) is 2.06. The molecule has 1 saturated heterocycles. The number of hydrogen-bond acceptors (Lipinski definition) is 5. The van der Waals surface area contributed by atoms with Gasteiger partial charge in [-0.3, -0.25) is 14.5 Å². The summed E-state index contributed by atoms with van der Waals surface area (Å²) in [5.74, 6) is -0.0434. The third-order valence-electron chi connectivity index (χ3n) is 3.17. The Hall–Kier alpha value is -0.690. The largest absolute Gasteiger partial charge is 0.317 e. The van der Waals surface area contributed by atoms with Crippen LogP contribution in [0.1, 0.15) is 12.8 Å². The van der Waals surface area contributed by atoms with Gasteiger partial charge in [-0.2, -0.15) is 0 Å². The predicted octanol–water partition coefficient (Wildman–Crippen LogP) is -1.06. The molecule has 0 spiro atoms. The highest BCUT2D eigenvalue weighted by atomic mass is 16.7. The molecule has 3 N–H and O–H groups in total. The monoisotopic (exact) mass is 244 g/mol. The van der Waals surface area contributed by atoms with Crippen LogP contribution < -0.4 is 16.1 Å². The topological polar surface area (TPSA) is 65.6 Å². The van der Waals surface area contributed by atoms with Crippen molar-refractivity contribution in [2.75, 3.05) is 40.8 Å². The zero-order valence-corrected chi connectivity index (χ0v) is 11.0. The van der Waals surface area contributed by atoms with E-state index >= 15 is 0 Å². The quantitative estimate of drug-likeness (QED) is 0.410. The Balaban J connectivity index is 2.27. The smallest absolute Gasteiger partial charge is 0.260 e. The first kappa shape index (κ1) is 14.4. The van der Waals surface area contributed by atoms with Gasteiger partial charge in [0.1, 0.15) is 0 Å². The Morgan fingerprint density at radius 1 is 1.41 bits per heavy atom. The SMILES string of the molecule is CNCCONC(=O)[C@@H]1CC[C@@H](NC)CN1C. The summed E-state index contributed by atoms with van der Waals surface area (Å²) < 4.78 is 0. The molecule has 1 aliphatic rings. The van der Waals surface area contributed by atoms with Gasteiger partial charge in [0.2, 0.25) is 0 Å². The van der Waals surface area contributed by atoms with Crippen LogP contribution in [0.4, 0.5) is 0 Å². The first-order chi connectivity index (χ1) is 8.19. The van der Waals surface area contributed by atoms with E-state index in [9.17, 15) is 4.79 Å². The van der Waals surface area contributed by atoms with Crippen molar-refractivity contribution in [1.82, 2.24) is 21.0 Å².